The number of hydrogen-bond donors (Lipinski definition) is 1. The second kappa shape index (κ2) is 7.12. The number of H-pyrrole nitrogens is 1. The quantitative estimate of drug-likeness (QED) is 0.454. The minimum Gasteiger partial charge on any atom is -0.412 e. The van der Waals surface area contributed by atoms with Gasteiger partial charge in [-0.3, -0.25) is 9.48 Å². The molecule has 11 nitrogen and oxygen atoms in total. The largest absolute Gasteiger partial charge is 0.412 e. The van der Waals surface area contributed by atoms with Crippen LogP contribution in [0, 0.1) is 13.8 Å². The average Bonchev–Trinajstić information content (AvgIpc) is 3.61. The molecule has 1 amide bonds. The van der Waals surface area contributed by atoms with Crippen LogP contribution in [0.3, 0.4) is 0 Å². The van der Waals surface area contributed by atoms with Crippen molar-refractivity contribution >= 4 is 11.4 Å². The Kier molecular flexibility index (Phi) is 4.19. The molecule has 0 saturated carbocycles. The summed E-state index contributed by atoms with van der Waals surface area (Å²) < 4.78 is 9.34. The van der Waals surface area contributed by atoms with E-state index in [1.54, 1.807) is 22.1 Å². The maximum absolute atomic E-state index is 13.6. The van der Waals surface area contributed by atoms with Gasteiger partial charge in [0, 0.05) is 43.2 Å². The van der Waals surface area contributed by atoms with E-state index in [1.165, 1.54) is 0 Å². The van der Waals surface area contributed by atoms with Crippen LogP contribution in [-0.2, 0) is 13.5 Å². The van der Waals surface area contributed by atoms with Gasteiger partial charge in [0.2, 0.25) is 0 Å². The van der Waals surface area contributed by atoms with Gasteiger partial charge < -0.3 is 14.3 Å². The second-order valence-corrected chi connectivity index (χ2v) is 8.14. The van der Waals surface area contributed by atoms with Gasteiger partial charge in [0.05, 0.1) is 35.0 Å². The lowest BCUT2D eigenvalue weighted by atomic mass is 9.97. The third-order valence-electron chi connectivity index (χ3n) is 6.34. The zero-order chi connectivity index (χ0) is 22.7. The smallest absolute Gasteiger partial charge is 0.312 e. The van der Waals surface area contributed by atoms with E-state index in [0.717, 1.165) is 33.9 Å². The average molecular weight is 443 g/mol. The third-order valence-corrected chi connectivity index (χ3v) is 6.34. The van der Waals surface area contributed by atoms with Crippen molar-refractivity contribution in [3.05, 3.63) is 71.1 Å². The molecule has 0 aromatic carbocycles. The van der Waals surface area contributed by atoms with Crippen LogP contribution in [0.2, 0.25) is 0 Å². The highest BCUT2D eigenvalue weighted by Crippen LogP contribution is 2.36. The number of imidazole rings is 1. The molecule has 5 aromatic heterocycles. The first-order valence-corrected chi connectivity index (χ1v) is 10.6. The van der Waals surface area contributed by atoms with Crippen molar-refractivity contribution in [2.24, 2.45) is 7.05 Å². The van der Waals surface area contributed by atoms with Gasteiger partial charge in [0.1, 0.15) is 6.04 Å². The van der Waals surface area contributed by atoms with Gasteiger partial charge in [-0.25, -0.2) is 9.50 Å². The Balaban J connectivity index is 1.43. The summed E-state index contributed by atoms with van der Waals surface area (Å²) in [4.78, 5) is 23.1. The van der Waals surface area contributed by atoms with Gasteiger partial charge in [-0.2, -0.15) is 10.2 Å². The minimum absolute atomic E-state index is 0.0707. The number of aryl methyl sites for hydroxylation is 2. The molecule has 6 heterocycles. The normalized spacial score (nSPS) is 15.8. The number of nitrogens with one attached hydrogen (secondary N) is 1. The lowest BCUT2D eigenvalue weighted by Crippen LogP contribution is -2.41. The Morgan fingerprint density at radius 3 is 2.88 bits per heavy atom. The van der Waals surface area contributed by atoms with Crippen LogP contribution >= 0.6 is 0 Å². The maximum Gasteiger partial charge on any atom is 0.312 e. The van der Waals surface area contributed by atoms with Crippen LogP contribution in [0.15, 0.2) is 41.3 Å². The van der Waals surface area contributed by atoms with Crippen LogP contribution < -0.4 is 0 Å². The number of carbonyl (C=O) groups is 1. The van der Waals surface area contributed by atoms with E-state index in [-0.39, 0.29) is 17.7 Å². The van der Waals surface area contributed by atoms with Gasteiger partial charge in [-0.1, -0.05) is 6.07 Å². The summed E-state index contributed by atoms with van der Waals surface area (Å²) in [7, 11) is 1.83. The molecule has 1 unspecified atom stereocenters. The zero-order valence-electron chi connectivity index (χ0n) is 18.3. The SMILES string of the molecule is Cc1c(C2c3nc[nH]c3CCN2C(=O)c2nnc(-c3cnn(C)c3C)o2)nn2ccccc12. The van der Waals surface area contributed by atoms with Gasteiger partial charge in [-0.05, 0) is 26.0 Å². The number of aromatic nitrogens is 8. The van der Waals surface area contributed by atoms with Gasteiger partial charge in [0.15, 0.2) is 0 Å². The molecule has 1 aliphatic heterocycles. The first-order valence-electron chi connectivity index (χ1n) is 10.6. The molecule has 11 heteroatoms. The fourth-order valence-corrected chi connectivity index (χ4v) is 4.42. The molecular weight excluding hydrogens is 422 g/mol. The zero-order valence-corrected chi connectivity index (χ0v) is 18.3. The van der Waals surface area contributed by atoms with Crippen molar-refractivity contribution in [3.63, 3.8) is 0 Å². The molecule has 5 aromatic rings. The highest BCUT2D eigenvalue weighted by molar-refractivity contribution is 5.90. The number of carbonyl (C=O) groups excluding carboxylic acids is 1. The second-order valence-electron chi connectivity index (χ2n) is 8.14. The summed E-state index contributed by atoms with van der Waals surface area (Å²) in [5, 5.41) is 17.2. The summed E-state index contributed by atoms with van der Waals surface area (Å²) in [6.07, 6.45) is 5.85. The number of pyridine rings is 1. The van der Waals surface area contributed by atoms with E-state index in [4.69, 9.17) is 9.52 Å². The number of hydrogen-bond acceptors (Lipinski definition) is 7. The van der Waals surface area contributed by atoms with E-state index in [2.05, 4.69) is 25.3 Å². The first kappa shape index (κ1) is 19.4. The molecule has 0 radical (unpaired) electrons. The van der Waals surface area contributed by atoms with Gasteiger partial charge in [0.25, 0.3) is 5.89 Å². The fourth-order valence-electron chi connectivity index (χ4n) is 4.42. The Morgan fingerprint density at radius 1 is 1.21 bits per heavy atom. The van der Waals surface area contributed by atoms with Crippen LogP contribution in [0.1, 0.15) is 45.1 Å². The van der Waals surface area contributed by atoms with Crippen LogP contribution in [-0.4, -0.2) is 56.9 Å². The summed E-state index contributed by atoms with van der Waals surface area (Å²) in [6.45, 7) is 4.38. The maximum atomic E-state index is 13.6. The molecule has 166 valence electrons. The van der Waals surface area contributed by atoms with E-state index in [0.29, 0.717) is 18.5 Å². The lowest BCUT2D eigenvalue weighted by Gasteiger charge is -2.33. The van der Waals surface area contributed by atoms with Crippen molar-refractivity contribution in [1.29, 1.82) is 0 Å². The predicted octanol–water partition coefficient (Wildman–Crippen LogP) is 2.25. The lowest BCUT2D eigenvalue weighted by molar-refractivity contribution is 0.0646. The van der Waals surface area contributed by atoms with Crippen molar-refractivity contribution in [2.45, 2.75) is 26.3 Å². The number of amides is 1. The van der Waals surface area contributed by atoms with Crippen molar-refractivity contribution in [3.8, 4) is 11.5 Å². The Labute approximate surface area is 188 Å². The number of aromatic amines is 1. The molecule has 0 bridgehead atoms. The van der Waals surface area contributed by atoms with E-state index < -0.39 is 6.04 Å². The molecule has 1 aliphatic rings. The molecule has 0 spiro atoms. The third kappa shape index (κ3) is 2.89. The first-order chi connectivity index (χ1) is 16.0. The number of fused-ring (bicyclic) bond motifs is 2. The van der Waals surface area contributed by atoms with Crippen molar-refractivity contribution in [1.82, 2.24) is 44.5 Å². The molecule has 0 saturated heterocycles. The van der Waals surface area contributed by atoms with Crippen LogP contribution in [0.25, 0.3) is 17.0 Å². The summed E-state index contributed by atoms with van der Waals surface area (Å²) in [5.41, 5.74) is 6.09. The fraction of sp³-hybridized carbons (Fsp3) is 0.273. The molecule has 1 atom stereocenters. The van der Waals surface area contributed by atoms with Crippen molar-refractivity contribution < 1.29 is 9.21 Å². The van der Waals surface area contributed by atoms with Gasteiger partial charge >= 0.3 is 11.8 Å². The number of nitrogens with zero attached hydrogens (tertiary/aromatic N) is 8. The van der Waals surface area contributed by atoms with Gasteiger partial charge in [-0.15, -0.1) is 10.2 Å². The molecule has 1 N–H and O–H groups in total. The van der Waals surface area contributed by atoms with E-state index >= 15 is 0 Å². The monoisotopic (exact) mass is 443 g/mol. The minimum atomic E-state index is -0.470. The Hall–Kier alpha value is -4.28. The van der Waals surface area contributed by atoms with E-state index in [1.807, 2.05) is 49.8 Å². The summed E-state index contributed by atoms with van der Waals surface area (Å²) in [6, 6.07) is 5.43. The van der Waals surface area contributed by atoms with E-state index in [9.17, 15) is 4.79 Å². The topological polar surface area (TPSA) is 123 Å². The standard InChI is InChI=1S/C22H21N9O2/c1-12-16-6-4-5-8-31(16)28-17(12)19-18-15(23-11-24-18)7-9-30(19)22(32)21-27-26-20(33-21)14-10-25-29(3)13(14)2/h4-6,8,10-11,19H,7,9H2,1-3H3,(H,23,24). The highest BCUT2D eigenvalue weighted by Gasteiger charge is 2.39. The van der Waals surface area contributed by atoms with Crippen molar-refractivity contribution in [2.75, 3.05) is 6.54 Å². The van der Waals surface area contributed by atoms with Crippen LogP contribution in [0.4, 0.5) is 0 Å². The molecule has 33 heavy (non-hydrogen) atoms. The number of rotatable bonds is 3. The predicted molar refractivity (Wildman–Crippen MR) is 116 cm³/mol. The summed E-state index contributed by atoms with van der Waals surface area (Å²) in [5.74, 6) is -0.161. The Bertz CT molecular complexity index is 1510. The molecular formula is C22H21N9O2. The van der Waals surface area contributed by atoms with Crippen LogP contribution in [0.5, 0.6) is 0 Å². The molecule has 0 fully saturated rings. The summed E-state index contributed by atoms with van der Waals surface area (Å²) >= 11 is 0. The molecule has 6 rings (SSSR count). The highest BCUT2D eigenvalue weighted by atomic mass is 16.4. The Morgan fingerprint density at radius 2 is 2.09 bits per heavy atom. The molecule has 0 aliphatic carbocycles.